The first-order chi connectivity index (χ1) is 6.27. The van der Waals surface area contributed by atoms with Crippen LogP contribution in [0.15, 0.2) is 24.3 Å². The van der Waals surface area contributed by atoms with Gasteiger partial charge in [-0.05, 0) is 25.0 Å². The van der Waals surface area contributed by atoms with E-state index in [4.69, 9.17) is 0 Å². The molecule has 1 aromatic carbocycles. The van der Waals surface area contributed by atoms with Crippen LogP contribution < -0.4 is 0 Å². The minimum atomic E-state index is -4.65. The molecular formula is C10H11F3O. The molecule has 1 N–H and O–H groups in total. The van der Waals surface area contributed by atoms with E-state index >= 15 is 0 Å². The maximum Gasteiger partial charge on any atom is 0.421 e. The summed E-state index contributed by atoms with van der Waals surface area (Å²) in [6, 6.07) is 5.92. The number of aryl methyl sites for hydroxylation is 1. The van der Waals surface area contributed by atoms with E-state index in [-0.39, 0.29) is 5.56 Å². The second-order valence-corrected chi connectivity index (χ2v) is 3.38. The van der Waals surface area contributed by atoms with Gasteiger partial charge in [-0.15, -0.1) is 0 Å². The Labute approximate surface area is 80.2 Å². The van der Waals surface area contributed by atoms with Gasteiger partial charge < -0.3 is 5.11 Å². The zero-order valence-electron chi connectivity index (χ0n) is 7.89. The summed E-state index contributed by atoms with van der Waals surface area (Å²) in [7, 11) is 0. The summed E-state index contributed by atoms with van der Waals surface area (Å²) in [5.74, 6) is 0. The van der Waals surface area contributed by atoms with Crippen molar-refractivity contribution >= 4 is 0 Å². The van der Waals surface area contributed by atoms with Gasteiger partial charge in [-0.2, -0.15) is 13.2 Å². The van der Waals surface area contributed by atoms with Crippen molar-refractivity contribution in [1.82, 2.24) is 0 Å². The van der Waals surface area contributed by atoms with E-state index in [0.29, 0.717) is 5.56 Å². The molecule has 0 amide bonds. The number of halogens is 3. The summed E-state index contributed by atoms with van der Waals surface area (Å²) in [6.07, 6.45) is -4.65. The Morgan fingerprint density at radius 1 is 1.14 bits per heavy atom. The van der Waals surface area contributed by atoms with E-state index in [1.54, 1.807) is 6.07 Å². The number of hydrogen-bond acceptors (Lipinski definition) is 1. The van der Waals surface area contributed by atoms with Crippen molar-refractivity contribution in [2.75, 3.05) is 0 Å². The Kier molecular flexibility index (Phi) is 2.58. The first-order valence-corrected chi connectivity index (χ1v) is 4.12. The lowest BCUT2D eigenvalue weighted by molar-refractivity contribution is -0.259. The zero-order chi connectivity index (χ0) is 11.0. The fourth-order valence-electron chi connectivity index (χ4n) is 1.27. The molecule has 1 unspecified atom stereocenters. The van der Waals surface area contributed by atoms with Crippen LogP contribution >= 0.6 is 0 Å². The second-order valence-electron chi connectivity index (χ2n) is 3.38. The van der Waals surface area contributed by atoms with E-state index < -0.39 is 11.8 Å². The number of alkyl halides is 3. The molecule has 0 fully saturated rings. The normalized spacial score (nSPS) is 16.4. The maximum atomic E-state index is 12.4. The molecule has 0 saturated carbocycles. The van der Waals surface area contributed by atoms with E-state index in [2.05, 4.69) is 0 Å². The minimum Gasteiger partial charge on any atom is -0.376 e. The lowest BCUT2D eigenvalue weighted by atomic mass is 9.91. The van der Waals surface area contributed by atoms with Crippen molar-refractivity contribution < 1.29 is 18.3 Å². The summed E-state index contributed by atoms with van der Waals surface area (Å²) in [4.78, 5) is 0. The average Bonchev–Trinajstić information content (AvgIpc) is 2.02. The SMILES string of the molecule is Cc1ccccc1C(C)(O)C(F)(F)F. The number of aliphatic hydroxyl groups is 1. The minimum absolute atomic E-state index is 0.104. The van der Waals surface area contributed by atoms with Crippen molar-refractivity contribution in [3.05, 3.63) is 35.4 Å². The van der Waals surface area contributed by atoms with Crippen molar-refractivity contribution in [3.8, 4) is 0 Å². The molecular weight excluding hydrogens is 193 g/mol. The van der Waals surface area contributed by atoms with Crippen LogP contribution in [0.5, 0.6) is 0 Å². The molecule has 0 aliphatic rings. The second kappa shape index (κ2) is 3.28. The average molecular weight is 204 g/mol. The molecule has 4 heteroatoms. The smallest absolute Gasteiger partial charge is 0.376 e. The Balaban J connectivity index is 3.23. The molecule has 0 radical (unpaired) electrons. The molecule has 0 aliphatic heterocycles. The molecule has 0 saturated heterocycles. The first-order valence-electron chi connectivity index (χ1n) is 4.12. The van der Waals surface area contributed by atoms with Crippen molar-refractivity contribution in [1.29, 1.82) is 0 Å². The molecule has 0 bridgehead atoms. The van der Waals surface area contributed by atoms with Crippen LogP contribution in [0, 0.1) is 6.92 Å². The molecule has 1 rings (SSSR count). The standard InChI is InChI=1S/C10H11F3O/c1-7-5-3-4-6-8(7)9(2,14)10(11,12)13/h3-6,14H,1-2H3. The third-order valence-corrected chi connectivity index (χ3v) is 2.22. The Morgan fingerprint density at radius 2 is 1.64 bits per heavy atom. The molecule has 0 aromatic heterocycles. The van der Waals surface area contributed by atoms with Crippen LogP contribution in [-0.4, -0.2) is 11.3 Å². The van der Waals surface area contributed by atoms with Gasteiger partial charge in [-0.3, -0.25) is 0 Å². The van der Waals surface area contributed by atoms with E-state index in [1.165, 1.54) is 25.1 Å². The van der Waals surface area contributed by atoms with Crippen molar-refractivity contribution in [2.24, 2.45) is 0 Å². The van der Waals surface area contributed by atoms with Gasteiger partial charge in [0.05, 0.1) is 0 Å². The highest BCUT2D eigenvalue weighted by molar-refractivity contribution is 5.31. The molecule has 0 spiro atoms. The lowest BCUT2D eigenvalue weighted by Crippen LogP contribution is -2.39. The molecule has 1 aromatic rings. The van der Waals surface area contributed by atoms with Crippen LogP contribution in [-0.2, 0) is 5.60 Å². The monoisotopic (exact) mass is 204 g/mol. The lowest BCUT2D eigenvalue weighted by Gasteiger charge is -2.28. The van der Waals surface area contributed by atoms with Crippen molar-refractivity contribution in [2.45, 2.75) is 25.6 Å². The predicted molar refractivity (Wildman–Crippen MR) is 46.8 cm³/mol. The van der Waals surface area contributed by atoms with Gasteiger partial charge in [0.15, 0.2) is 5.60 Å². The molecule has 0 aliphatic carbocycles. The third-order valence-electron chi connectivity index (χ3n) is 2.22. The highest BCUT2D eigenvalue weighted by Gasteiger charge is 2.51. The van der Waals surface area contributed by atoms with Crippen LogP contribution in [0.1, 0.15) is 18.1 Å². The molecule has 14 heavy (non-hydrogen) atoms. The Hall–Kier alpha value is -1.03. The van der Waals surface area contributed by atoms with Gasteiger partial charge in [0.1, 0.15) is 0 Å². The first kappa shape index (κ1) is 11.0. The Bertz CT molecular complexity index is 328. The Morgan fingerprint density at radius 3 is 2.07 bits per heavy atom. The number of benzene rings is 1. The molecule has 78 valence electrons. The van der Waals surface area contributed by atoms with Crippen LogP contribution in [0.2, 0.25) is 0 Å². The quantitative estimate of drug-likeness (QED) is 0.745. The van der Waals surface area contributed by atoms with Gasteiger partial charge >= 0.3 is 6.18 Å². The van der Waals surface area contributed by atoms with Crippen molar-refractivity contribution in [3.63, 3.8) is 0 Å². The molecule has 1 nitrogen and oxygen atoms in total. The zero-order valence-corrected chi connectivity index (χ0v) is 7.89. The van der Waals surface area contributed by atoms with Gasteiger partial charge in [-0.1, -0.05) is 24.3 Å². The van der Waals surface area contributed by atoms with Crippen LogP contribution in [0.3, 0.4) is 0 Å². The van der Waals surface area contributed by atoms with Crippen LogP contribution in [0.25, 0.3) is 0 Å². The fourth-order valence-corrected chi connectivity index (χ4v) is 1.27. The van der Waals surface area contributed by atoms with E-state index in [0.717, 1.165) is 6.92 Å². The van der Waals surface area contributed by atoms with Gasteiger partial charge in [-0.25, -0.2) is 0 Å². The summed E-state index contributed by atoms with van der Waals surface area (Å²) < 4.78 is 37.3. The van der Waals surface area contributed by atoms with E-state index in [1.807, 2.05) is 0 Å². The largest absolute Gasteiger partial charge is 0.421 e. The van der Waals surface area contributed by atoms with Crippen LogP contribution in [0.4, 0.5) is 13.2 Å². The third kappa shape index (κ3) is 1.75. The highest BCUT2D eigenvalue weighted by Crippen LogP contribution is 2.39. The summed E-state index contributed by atoms with van der Waals surface area (Å²) in [6.45, 7) is 2.30. The highest BCUT2D eigenvalue weighted by atomic mass is 19.4. The molecule has 0 heterocycles. The fraction of sp³-hybridized carbons (Fsp3) is 0.400. The summed E-state index contributed by atoms with van der Waals surface area (Å²) >= 11 is 0. The van der Waals surface area contributed by atoms with Gasteiger partial charge in [0.2, 0.25) is 0 Å². The summed E-state index contributed by atoms with van der Waals surface area (Å²) in [5.41, 5.74) is -2.46. The topological polar surface area (TPSA) is 20.2 Å². The molecule has 1 atom stereocenters. The van der Waals surface area contributed by atoms with Gasteiger partial charge in [0.25, 0.3) is 0 Å². The maximum absolute atomic E-state index is 12.4. The number of rotatable bonds is 1. The van der Waals surface area contributed by atoms with E-state index in [9.17, 15) is 18.3 Å². The predicted octanol–water partition coefficient (Wildman–Crippen LogP) is 2.76. The van der Waals surface area contributed by atoms with Gasteiger partial charge in [0, 0.05) is 0 Å². The number of hydrogen-bond donors (Lipinski definition) is 1. The summed E-state index contributed by atoms with van der Waals surface area (Å²) in [5, 5.41) is 9.38.